The third kappa shape index (κ3) is 6.64. The maximum Gasteiger partial charge on any atom is 0.317 e. The van der Waals surface area contributed by atoms with Gasteiger partial charge in [0.1, 0.15) is 0 Å². The molecule has 2 N–H and O–H groups in total. The van der Waals surface area contributed by atoms with Gasteiger partial charge in [-0.2, -0.15) is 0 Å². The summed E-state index contributed by atoms with van der Waals surface area (Å²) in [6.07, 6.45) is 0.404. The molecule has 0 rings (SSSR count). The molecule has 0 radical (unpaired) electrons. The Kier molecular flexibility index (Phi) is 7.55. The predicted molar refractivity (Wildman–Crippen MR) is 68.7 cm³/mol. The van der Waals surface area contributed by atoms with Crippen molar-refractivity contribution in [3.05, 3.63) is 0 Å². The lowest BCUT2D eigenvalue weighted by atomic mass is 10.1. The zero-order valence-electron chi connectivity index (χ0n) is 11.8. The number of nitrogens with one attached hydrogen (secondary N) is 1. The number of carbonyl (C=O) groups is 3. The van der Waals surface area contributed by atoms with Gasteiger partial charge in [-0.15, -0.1) is 0 Å². The van der Waals surface area contributed by atoms with Crippen LogP contribution in [0.25, 0.3) is 0 Å². The minimum absolute atomic E-state index is 0.122. The lowest BCUT2D eigenvalue weighted by molar-refractivity contribution is -0.145. The van der Waals surface area contributed by atoms with Crippen LogP contribution in [0.1, 0.15) is 26.7 Å². The van der Waals surface area contributed by atoms with Gasteiger partial charge in [0.15, 0.2) is 0 Å². The van der Waals surface area contributed by atoms with Crippen LogP contribution in [0.3, 0.4) is 0 Å². The lowest BCUT2D eigenvalue weighted by Gasteiger charge is -2.23. The number of carboxylic acid groups (broad SMARTS) is 1. The summed E-state index contributed by atoms with van der Waals surface area (Å²) >= 11 is 0. The molecule has 2 amide bonds. The first kappa shape index (κ1) is 17.2. The number of carboxylic acids is 1. The molecule has 0 heterocycles. The molecule has 2 unspecified atom stereocenters. The van der Waals surface area contributed by atoms with Gasteiger partial charge in [0.2, 0.25) is 0 Å². The van der Waals surface area contributed by atoms with Crippen molar-refractivity contribution in [2.24, 2.45) is 5.92 Å². The molecule has 7 nitrogen and oxygen atoms in total. The fourth-order valence-corrected chi connectivity index (χ4v) is 1.56. The van der Waals surface area contributed by atoms with Crippen LogP contribution < -0.4 is 5.32 Å². The zero-order chi connectivity index (χ0) is 15.0. The number of hydrogen-bond donors (Lipinski definition) is 2. The summed E-state index contributed by atoms with van der Waals surface area (Å²) in [5.41, 5.74) is 0. The maximum absolute atomic E-state index is 11.8. The number of esters is 1. The van der Waals surface area contributed by atoms with Crippen molar-refractivity contribution >= 4 is 18.0 Å². The van der Waals surface area contributed by atoms with Crippen LogP contribution in [-0.2, 0) is 14.3 Å². The first-order valence-electron chi connectivity index (χ1n) is 6.13. The molecule has 0 aliphatic carbocycles. The zero-order valence-corrected chi connectivity index (χ0v) is 11.8. The van der Waals surface area contributed by atoms with E-state index in [0.717, 1.165) is 0 Å². The molecule has 2 atom stereocenters. The van der Waals surface area contributed by atoms with Crippen LogP contribution in [0.4, 0.5) is 4.79 Å². The van der Waals surface area contributed by atoms with Gasteiger partial charge in [-0.05, 0) is 6.42 Å². The number of ether oxygens (including phenoxy) is 1. The second kappa shape index (κ2) is 8.34. The Labute approximate surface area is 112 Å². The van der Waals surface area contributed by atoms with Crippen molar-refractivity contribution in [1.82, 2.24) is 10.2 Å². The molecule has 0 aromatic rings. The number of urea groups is 1. The Morgan fingerprint density at radius 2 is 1.95 bits per heavy atom. The van der Waals surface area contributed by atoms with E-state index in [2.05, 4.69) is 10.1 Å². The monoisotopic (exact) mass is 274 g/mol. The van der Waals surface area contributed by atoms with E-state index in [9.17, 15) is 14.4 Å². The molecule has 0 spiro atoms. The van der Waals surface area contributed by atoms with Gasteiger partial charge < -0.3 is 20.1 Å². The van der Waals surface area contributed by atoms with Crippen LogP contribution in [0.2, 0.25) is 0 Å². The van der Waals surface area contributed by atoms with Gasteiger partial charge in [0, 0.05) is 19.6 Å². The Morgan fingerprint density at radius 3 is 2.37 bits per heavy atom. The van der Waals surface area contributed by atoms with Crippen LogP contribution in [-0.4, -0.2) is 54.7 Å². The standard InChI is InChI=1S/C12H22N2O5/c1-5-9(6-10(15)16)13-12(18)14(3)7-8(2)11(17)19-4/h8-9H,5-7H2,1-4H3,(H,13,18)(H,15,16). The molecule has 110 valence electrons. The number of rotatable bonds is 7. The van der Waals surface area contributed by atoms with Crippen molar-refractivity contribution in [2.75, 3.05) is 20.7 Å². The number of methoxy groups -OCH3 is 1. The minimum Gasteiger partial charge on any atom is -0.481 e. The molecule has 0 saturated carbocycles. The van der Waals surface area contributed by atoms with E-state index < -0.39 is 29.9 Å². The van der Waals surface area contributed by atoms with E-state index in [1.807, 2.05) is 0 Å². The molecule has 0 aliphatic rings. The van der Waals surface area contributed by atoms with Gasteiger partial charge in [-0.3, -0.25) is 9.59 Å². The number of carbonyl (C=O) groups excluding carboxylic acids is 2. The quantitative estimate of drug-likeness (QED) is 0.666. The fraction of sp³-hybridized carbons (Fsp3) is 0.750. The third-order valence-corrected chi connectivity index (χ3v) is 2.74. The molecular weight excluding hydrogens is 252 g/mol. The highest BCUT2D eigenvalue weighted by Gasteiger charge is 2.21. The van der Waals surface area contributed by atoms with Crippen molar-refractivity contribution in [2.45, 2.75) is 32.7 Å². The highest BCUT2D eigenvalue weighted by Crippen LogP contribution is 2.03. The minimum atomic E-state index is -0.960. The molecule has 0 aliphatic heterocycles. The summed E-state index contributed by atoms with van der Waals surface area (Å²) in [7, 11) is 2.83. The average molecular weight is 274 g/mol. The van der Waals surface area contributed by atoms with E-state index in [0.29, 0.717) is 6.42 Å². The van der Waals surface area contributed by atoms with Crippen molar-refractivity contribution in [1.29, 1.82) is 0 Å². The molecule has 0 aromatic carbocycles. The van der Waals surface area contributed by atoms with E-state index in [1.165, 1.54) is 12.0 Å². The second-order valence-corrected chi connectivity index (χ2v) is 4.46. The normalized spacial score (nSPS) is 13.3. The van der Waals surface area contributed by atoms with Gasteiger partial charge in [-0.1, -0.05) is 13.8 Å². The third-order valence-electron chi connectivity index (χ3n) is 2.74. The van der Waals surface area contributed by atoms with E-state index in [-0.39, 0.29) is 13.0 Å². The van der Waals surface area contributed by atoms with E-state index in [4.69, 9.17) is 5.11 Å². The predicted octanol–water partition coefficient (Wildman–Crippen LogP) is 0.690. The molecular formula is C12H22N2O5. The van der Waals surface area contributed by atoms with Crippen LogP contribution in [0, 0.1) is 5.92 Å². The highest BCUT2D eigenvalue weighted by molar-refractivity contribution is 5.77. The smallest absolute Gasteiger partial charge is 0.317 e. The summed E-state index contributed by atoms with van der Waals surface area (Å²) in [5.74, 6) is -1.78. The summed E-state index contributed by atoms with van der Waals surface area (Å²) in [6.45, 7) is 3.66. The first-order valence-corrected chi connectivity index (χ1v) is 6.13. The summed E-state index contributed by atoms with van der Waals surface area (Å²) in [4.78, 5) is 35.0. The molecule has 0 fully saturated rings. The maximum atomic E-state index is 11.8. The summed E-state index contributed by atoms with van der Waals surface area (Å²) in [6, 6.07) is -0.815. The topological polar surface area (TPSA) is 95.9 Å². The van der Waals surface area contributed by atoms with Crippen LogP contribution in [0.15, 0.2) is 0 Å². The van der Waals surface area contributed by atoms with Crippen molar-refractivity contribution < 1.29 is 24.2 Å². The number of hydrogen-bond acceptors (Lipinski definition) is 4. The second-order valence-electron chi connectivity index (χ2n) is 4.46. The van der Waals surface area contributed by atoms with Crippen LogP contribution in [0.5, 0.6) is 0 Å². The Hall–Kier alpha value is -1.79. The SMILES string of the molecule is CCC(CC(=O)O)NC(=O)N(C)CC(C)C(=O)OC. The number of nitrogens with zero attached hydrogens (tertiary/aromatic N) is 1. The van der Waals surface area contributed by atoms with Gasteiger partial charge >= 0.3 is 18.0 Å². The van der Waals surface area contributed by atoms with Crippen LogP contribution >= 0.6 is 0 Å². The first-order chi connectivity index (χ1) is 8.81. The Balaban J connectivity index is 4.32. The lowest BCUT2D eigenvalue weighted by Crippen LogP contribution is -2.45. The van der Waals surface area contributed by atoms with Crippen molar-refractivity contribution in [3.8, 4) is 0 Å². The Morgan fingerprint density at radius 1 is 1.37 bits per heavy atom. The highest BCUT2D eigenvalue weighted by atomic mass is 16.5. The van der Waals surface area contributed by atoms with Crippen molar-refractivity contribution in [3.63, 3.8) is 0 Å². The fourth-order valence-electron chi connectivity index (χ4n) is 1.56. The largest absolute Gasteiger partial charge is 0.481 e. The van der Waals surface area contributed by atoms with E-state index in [1.54, 1.807) is 20.9 Å². The molecule has 0 saturated heterocycles. The number of amides is 2. The van der Waals surface area contributed by atoms with Gasteiger partial charge in [0.05, 0.1) is 19.4 Å². The van der Waals surface area contributed by atoms with Gasteiger partial charge in [-0.25, -0.2) is 4.79 Å². The number of aliphatic carboxylic acids is 1. The molecule has 0 aromatic heterocycles. The van der Waals surface area contributed by atoms with E-state index >= 15 is 0 Å². The summed E-state index contributed by atoms with van der Waals surface area (Å²) < 4.78 is 4.57. The average Bonchev–Trinajstić information content (AvgIpc) is 2.35. The molecule has 7 heteroatoms. The van der Waals surface area contributed by atoms with Gasteiger partial charge in [0.25, 0.3) is 0 Å². The molecule has 19 heavy (non-hydrogen) atoms. The Bertz CT molecular complexity index is 332. The summed E-state index contributed by atoms with van der Waals surface area (Å²) in [5, 5.41) is 11.3. The molecule has 0 bridgehead atoms.